The number of aldehydes is 1. The summed E-state index contributed by atoms with van der Waals surface area (Å²) in [5.41, 5.74) is 3.36. The molecule has 0 atom stereocenters. The number of carbonyl (C=O) groups is 1. The maximum Gasteiger partial charge on any atom is 0.205 e. The summed E-state index contributed by atoms with van der Waals surface area (Å²) in [5, 5.41) is 2.29. The van der Waals surface area contributed by atoms with Crippen LogP contribution in [0.3, 0.4) is 0 Å². The minimum absolute atomic E-state index is 0.0740. The first-order chi connectivity index (χ1) is 9.82. The summed E-state index contributed by atoms with van der Waals surface area (Å²) < 4.78 is 5.96. The maximum absolute atomic E-state index is 11.0. The molecule has 0 saturated carbocycles. The molecule has 21 heavy (non-hydrogen) atoms. The summed E-state index contributed by atoms with van der Waals surface area (Å²) in [6.07, 6.45) is 0.895. The molecule has 0 saturated heterocycles. The van der Waals surface area contributed by atoms with Gasteiger partial charge in [-0.15, -0.1) is 0 Å². The lowest BCUT2D eigenvalue weighted by molar-refractivity contribution is 0.112. The van der Waals surface area contributed by atoms with Crippen LogP contribution in [0, 0.1) is 0 Å². The molecule has 111 valence electrons. The van der Waals surface area contributed by atoms with Crippen molar-refractivity contribution in [2.75, 3.05) is 0 Å². The SMILES string of the molecule is C[Si](C)OCc1c(C(C)(C)C)ccc2cc(C=O)ccc12. The van der Waals surface area contributed by atoms with E-state index in [0.717, 1.165) is 11.7 Å². The Bertz CT molecular complexity index is 654. The van der Waals surface area contributed by atoms with E-state index in [2.05, 4.69) is 46.0 Å². The highest BCUT2D eigenvalue weighted by atomic mass is 28.3. The molecule has 0 bridgehead atoms. The molecule has 2 aromatic rings. The molecule has 1 radical (unpaired) electrons. The predicted molar refractivity (Wildman–Crippen MR) is 90.3 cm³/mol. The van der Waals surface area contributed by atoms with Crippen molar-refractivity contribution in [3.05, 3.63) is 47.0 Å². The summed E-state index contributed by atoms with van der Waals surface area (Å²) in [7, 11) is -0.730. The van der Waals surface area contributed by atoms with Crippen molar-refractivity contribution >= 4 is 26.1 Å². The third-order valence-corrected chi connectivity index (χ3v) is 4.33. The van der Waals surface area contributed by atoms with E-state index in [1.807, 2.05) is 18.2 Å². The van der Waals surface area contributed by atoms with Gasteiger partial charge in [-0.2, -0.15) is 0 Å². The molecular weight excluding hydrogens is 276 g/mol. The number of carbonyl (C=O) groups excluding carboxylic acids is 1. The fourth-order valence-electron chi connectivity index (χ4n) is 2.56. The lowest BCUT2D eigenvalue weighted by Crippen LogP contribution is -2.17. The molecular formula is C18H23O2Si. The Morgan fingerprint density at radius 3 is 2.43 bits per heavy atom. The fraction of sp³-hybridized carbons (Fsp3) is 0.389. The topological polar surface area (TPSA) is 26.3 Å². The first-order valence-corrected chi connectivity index (χ1v) is 9.68. The molecule has 2 aromatic carbocycles. The van der Waals surface area contributed by atoms with Crippen molar-refractivity contribution in [1.29, 1.82) is 0 Å². The van der Waals surface area contributed by atoms with E-state index >= 15 is 0 Å². The normalized spacial score (nSPS) is 12.1. The molecule has 0 amide bonds. The summed E-state index contributed by atoms with van der Waals surface area (Å²) in [6, 6.07) is 10.2. The van der Waals surface area contributed by atoms with Gasteiger partial charge in [-0.25, -0.2) is 0 Å². The molecule has 0 aliphatic heterocycles. The summed E-state index contributed by atoms with van der Waals surface area (Å²) in [4.78, 5) is 11.0. The third-order valence-electron chi connectivity index (χ3n) is 3.60. The average Bonchev–Trinajstić information content (AvgIpc) is 2.42. The van der Waals surface area contributed by atoms with E-state index < -0.39 is 9.04 Å². The molecule has 0 aromatic heterocycles. The van der Waals surface area contributed by atoms with Crippen LogP contribution in [0.4, 0.5) is 0 Å². The Morgan fingerprint density at radius 1 is 1.14 bits per heavy atom. The van der Waals surface area contributed by atoms with Crippen LogP contribution in [0.1, 0.15) is 42.3 Å². The van der Waals surface area contributed by atoms with Gasteiger partial charge in [-0.1, -0.05) is 45.0 Å². The van der Waals surface area contributed by atoms with E-state index in [9.17, 15) is 4.79 Å². The second-order valence-electron chi connectivity index (χ2n) is 6.64. The zero-order valence-corrected chi connectivity index (χ0v) is 14.5. The van der Waals surface area contributed by atoms with Gasteiger partial charge in [0, 0.05) is 5.56 Å². The molecule has 0 heterocycles. The zero-order chi connectivity index (χ0) is 15.6. The van der Waals surface area contributed by atoms with Crippen LogP contribution >= 0.6 is 0 Å². The van der Waals surface area contributed by atoms with Gasteiger partial charge in [0.15, 0.2) is 0 Å². The lowest BCUT2D eigenvalue weighted by atomic mass is 9.82. The highest BCUT2D eigenvalue weighted by Crippen LogP contribution is 2.32. The van der Waals surface area contributed by atoms with Crippen LogP contribution < -0.4 is 0 Å². The van der Waals surface area contributed by atoms with Crippen LogP contribution in [0.15, 0.2) is 30.3 Å². The van der Waals surface area contributed by atoms with Gasteiger partial charge in [-0.05, 0) is 46.5 Å². The summed E-state index contributed by atoms with van der Waals surface area (Å²) in [6.45, 7) is 11.6. The van der Waals surface area contributed by atoms with Gasteiger partial charge in [0.25, 0.3) is 0 Å². The number of hydrogen-bond donors (Lipinski definition) is 0. The van der Waals surface area contributed by atoms with Crippen molar-refractivity contribution in [3.8, 4) is 0 Å². The van der Waals surface area contributed by atoms with E-state index in [-0.39, 0.29) is 5.41 Å². The Morgan fingerprint density at radius 2 is 1.86 bits per heavy atom. The summed E-state index contributed by atoms with van der Waals surface area (Å²) >= 11 is 0. The minimum atomic E-state index is -0.730. The molecule has 2 rings (SSSR count). The maximum atomic E-state index is 11.0. The molecule has 0 N–H and O–H groups in total. The van der Waals surface area contributed by atoms with Gasteiger partial charge in [0.1, 0.15) is 6.29 Å². The van der Waals surface area contributed by atoms with Crippen LogP contribution in [0.25, 0.3) is 10.8 Å². The molecule has 0 aliphatic carbocycles. The summed E-state index contributed by atoms with van der Waals surface area (Å²) in [5.74, 6) is 0. The quantitative estimate of drug-likeness (QED) is 0.603. The molecule has 0 fully saturated rings. The van der Waals surface area contributed by atoms with E-state index in [1.54, 1.807) is 0 Å². The highest BCUT2D eigenvalue weighted by Gasteiger charge is 2.20. The van der Waals surface area contributed by atoms with Gasteiger partial charge < -0.3 is 4.43 Å². The van der Waals surface area contributed by atoms with Gasteiger partial charge >= 0.3 is 0 Å². The Kier molecular flexibility index (Phi) is 4.64. The first kappa shape index (κ1) is 15.9. The van der Waals surface area contributed by atoms with Crippen LogP contribution in [-0.4, -0.2) is 15.3 Å². The van der Waals surface area contributed by atoms with E-state index in [1.165, 1.54) is 16.5 Å². The van der Waals surface area contributed by atoms with E-state index in [4.69, 9.17) is 4.43 Å². The van der Waals surface area contributed by atoms with Crippen LogP contribution in [0.2, 0.25) is 13.1 Å². The second kappa shape index (κ2) is 6.12. The Balaban J connectivity index is 2.63. The molecule has 0 aliphatic rings. The Hall–Kier alpha value is -1.45. The van der Waals surface area contributed by atoms with Gasteiger partial charge in [0.05, 0.1) is 6.61 Å². The van der Waals surface area contributed by atoms with Crippen molar-refractivity contribution in [2.45, 2.75) is 45.9 Å². The zero-order valence-electron chi connectivity index (χ0n) is 13.5. The van der Waals surface area contributed by atoms with Crippen LogP contribution in [-0.2, 0) is 16.4 Å². The van der Waals surface area contributed by atoms with Crippen LogP contribution in [0.5, 0.6) is 0 Å². The predicted octanol–water partition coefficient (Wildman–Crippen LogP) is 4.72. The lowest BCUT2D eigenvalue weighted by Gasteiger charge is -2.25. The van der Waals surface area contributed by atoms with Crippen molar-refractivity contribution in [2.24, 2.45) is 0 Å². The molecule has 2 nitrogen and oxygen atoms in total. The second-order valence-corrected chi connectivity index (χ2v) is 8.74. The monoisotopic (exact) mass is 299 g/mol. The van der Waals surface area contributed by atoms with Gasteiger partial charge in [-0.3, -0.25) is 4.79 Å². The van der Waals surface area contributed by atoms with E-state index in [0.29, 0.717) is 12.2 Å². The number of fused-ring (bicyclic) bond motifs is 1. The number of hydrogen-bond acceptors (Lipinski definition) is 2. The third kappa shape index (κ3) is 3.60. The van der Waals surface area contributed by atoms with Crippen molar-refractivity contribution in [1.82, 2.24) is 0 Å². The standard InChI is InChI=1S/C18H23O2Si/c1-18(2,3)17-9-7-14-10-13(11-19)6-8-15(14)16(17)12-20-21(4)5/h6-11H,12H2,1-5H3. The first-order valence-electron chi connectivity index (χ1n) is 7.27. The molecule has 3 heteroatoms. The van der Waals surface area contributed by atoms with Crippen molar-refractivity contribution < 1.29 is 9.22 Å². The fourth-order valence-corrected chi connectivity index (χ4v) is 2.99. The smallest absolute Gasteiger partial charge is 0.205 e. The number of rotatable bonds is 4. The highest BCUT2D eigenvalue weighted by molar-refractivity contribution is 6.48. The van der Waals surface area contributed by atoms with Gasteiger partial charge in [0.2, 0.25) is 9.04 Å². The Labute approximate surface area is 128 Å². The largest absolute Gasteiger partial charge is 0.413 e. The molecule has 0 unspecified atom stereocenters. The minimum Gasteiger partial charge on any atom is -0.413 e. The molecule has 0 spiro atoms. The average molecular weight is 299 g/mol. The number of benzene rings is 2. The van der Waals surface area contributed by atoms with Crippen molar-refractivity contribution in [3.63, 3.8) is 0 Å².